The number of ether oxygens (including phenoxy) is 3. The van der Waals surface area contributed by atoms with Crippen LogP contribution in [0.25, 0.3) is 0 Å². The Labute approximate surface area is 120 Å². The average molecular weight is 277 g/mol. The van der Waals surface area contributed by atoms with Crippen molar-refractivity contribution in [1.82, 2.24) is 0 Å². The lowest BCUT2D eigenvalue weighted by atomic mass is 9.99. The molecule has 2 atom stereocenters. The SMILES string of the molecule is NC(CCCC1CCCO1)c1ccc2c(c1)OCCO2. The molecule has 2 aliphatic rings. The molecule has 2 unspecified atom stereocenters. The van der Waals surface area contributed by atoms with E-state index in [1.54, 1.807) is 0 Å². The first-order valence-electron chi connectivity index (χ1n) is 7.59. The number of rotatable bonds is 5. The molecule has 2 heterocycles. The summed E-state index contributed by atoms with van der Waals surface area (Å²) in [6.45, 7) is 2.17. The molecular formula is C16H23NO3. The van der Waals surface area contributed by atoms with E-state index < -0.39 is 0 Å². The molecule has 1 fully saturated rings. The van der Waals surface area contributed by atoms with Gasteiger partial charge in [0.2, 0.25) is 0 Å². The second-order valence-corrected chi connectivity index (χ2v) is 5.58. The van der Waals surface area contributed by atoms with Crippen molar-refractivity contribution in [3.05, 3.63) is 23.8 Å². The normalized spacial score (nSPS) is 22.8. The topological polar surface area (TPSA) is 53.7 Å². The molecule has 1 aromatic rings. The van der Waals surface area contributed by atoms with Crippen molar-refractivity contribution in [1.29, 1.82) is 0 Å². The molecule has 0 amide bonds. The van der Waals surface area contributed by atoms with Crippen LogP contribution in [0.15, 0.2) is 18.2 Å². The average Bonchev–Trinajstić information content (AvgIpc) is 3.00. The first-order valence-corrected chi connectivity index (χ1v) is 7.59. The summed E-state index contributed by atoms with van der Waals surface area (Å²) in [4.78, 5) is 0. The van der Waals surface area contributed by atoms with Crippen LogP contribution in [0.4, 0.5) is 0 Å². The van der Waals surface area contributed by atoms with Crippen LogP contribution in [0.1, 0.15) is 43.7 Å². The smallest absolute Gasteiger partial charge is 0.161 e. The summed E-state index contributed by atoms with van der Waals surface area (Å²) in [7, 11) is 0. The standard InChI is InChI=1S/C16H23NO3/c17-14(5-1-3-13-4-2-8-18-13)12-6-7-15-16(11-12)20-10-9-19-15/h6-7,11,13-14H,1-5,8-10,17H2. The van der Waals surface area contributed by atoms with E-state index in [2.05, 4.69) is 0 Å². The Kier molecular flexibility index (Phi) is 4.43. The van der Waals surface area contributed by atoms with Crippen LogP contribution >= 0.6 is 0 Å². The van der Waals surface area contributed by atoms with Crippen LogP contribution in [-0.2, 0) is 4.74 Å². The maximum Gasteiger partial charge on any atom is 0.161 e. The molecule has 0 aromatic heterocycles. The second-order valence-electron chi connectivity index (χ2n) is 5.58. The zero-order valence-corrected chi connectivity index (χ0v) is 11.8. The molecule has 0 spiro atoms. The summed E-state index contributed by atoms with van der Waals surface area (Å²) in [5.41, 5.74) is 7.40. The Morgan fingerprint density at radius 3 is 2.80 bits per heavy atom. The molecule has 4 heteroatoms. The second kappa shape index (κ2) is 6.46. The van der Waals surface area contributed by atoms with E-state index in [-0.39, 0.29) is 6.04 Å². The van der Waals surface area contributed by atoms with Crippen molar-refractivity contribution in [3.8, 4) is 11.5 Å². The van der Waals surface area contributed by atoms with Gasteiger partial charge >= 0.3 is 0 Å². The third-order valence-electron chi connectivity index (χ3n) is 4.06. The molecule has 0 saturated carbocycles. The van der Waals surface area contributed by atoms with Crippen LogP contribution < -0.4 is 15.2 Å². The molecule has 2 aliphatic heterocycles. The first kappa shape index (κ1) is 13.7. The van der Waals surface area contributed by atoms with Gasteiger partial charge in [0.25, 0.3) is 0 Å². The van der Waals surface area contributed by atoms with Gasteiger partial charge in [-0.05, 0) is 49.8 Å². The third kappa shape index (κ3) is 3.25. The predicted octanol–water partition coefficient (Wildman–Crippen LogP) is 2.81. The Hall–Kier alpha value is -1.26. The van der Waals surface area contributed by atoms with Crippen molar-refractivity contribution in [2.24, 2.45) is 5.73 Å². The lowest BCUT2D eigenvalue weighted by Crippen LogP contribution is -2.17. The third-order valence-corrected chi connectivity index (χ3v) is 4.06. The molecule has 0 aliphatic carbocycles. The van der Waals surface area contributed by atoms with Crippen molar-refractivity contribution in [3.63, 3.8) is 0 Å². The van der Waals surface area contributed by atoms with Gasteiger partial charge < -0.3 is 19.9 Å². The van der Waals surface area contributed by atoms with E-state index >= 15 is 0 Å². The van der Waals surface area contributed by atoms with Crippen molar-refractivity contribution < 1.29 is 14.2 Å². The maximum absolute atomic E-state index is 6.28. The zero-order chi connectivity index (χ0) is 13.8. The minimum atomic E-state index is 0.0622. The highest BCUT2D eigenvalue weighted by Crippen LogP contribution is 2.33. The summed E-state index contributed by atoms with van der Waals surface area (Å²) >= 11 is 0. The minimum absolute atomic E-state index is 0.0622. The summed E-state index contributed by atoms with van der Waals surface area (Å²) in [6.07, 6.45) is 6.10. The molecule has 1 aromatic carbocycles. The van der Waals surface area contributed by atoms with E-state index in [1.165, 1.54) is 12.8 Å². The van der Waals surface area contributed by atoms with E-state index in [1.807, 2.05) is 18.2 Å². The predicted molar refractivity (Wildman–Crippen MR) is 77.2 cm³/mol. The summed E-state index contributed by atoms with van der Waals surface area (Å²) in [5, 5.41) is 0. The molecular weight excluding hydrogens is 254 g/mol. The zero-order valence-electron chi connectivity index (χ0n) is 11.8. The fraction of sp³-hybridized carbons (Fsp3) is 0.625. The van der Waals surface area contributed by atoms with Gasteiger partial charge in [-0.3, -0.25) is 0 Å². The van der Waals surface area contributed by atoms with E-state index in [9.17, 15) is 0 Å². The fourth-order valence-electron chi connectivity index (χ4n) is 2.89. The molecule has 20 heavy (non-hydrogen) atoms. The van der Waals surface area contributed by atoms with Gasteiger partial charge in [-0.2, -0.15) is 0 Å². The molecule has 2 N–H and O–H groups in total. The van der Waals surface area contributed by atoms with Crippen molar-refractivity contribution in [2.75, 3.05) is 19.8 Å². The van der Waals surface area contributed by atoms with Crippen molar-refractivity contribution in [2.45, 2.75) is 44.2 Å². The van der Waals surface area contributed by atoms with Gasteiger partial charge in [0, 0.05) is 12.6 Å². The Bertz CT molecular complexity index is 443. The lowest BCUT2D eigenvalue weighted by Gasteiger charge is -2.20. The highest BCUT2D eigenvalue weighted by molar-refractivity contribution is 5.44. The first-order chi connectivity index (χ1) is 9.83. The van der Waals surface area contributed by atoms with Crippen LogP contribution in [-0.4, -0.2) is 25.9 Å². The molecule has 110 valence electrons. The Balaban J connectivity index is 1.52. The van der Waals surface area contributed by atoms with Crippen LogP contribution in [0, 0.1) is 0 Å². The van der Waals surface area contributed by atoms with Gasteiger partial charge in [0.05, 0.1) is 6.10 Å². The Morgan fingerprint density at radius 2 is 2.00 bits per heavy atom. The summed E-state index contributed by atoms with van der Waals surface area (Å²) < 4.78 is 16.8. The largest absolute Gasteiger partial charge is 0.486 e. The van der Waals surface area contributed by atoms with E-state index in [0.717, 1.165) is 42.9 Å². The van der Waals surface area contributed by atoms with Gasteiger partial charge in [0.15, 0.2) is 11.5 Å². The lowest BCUT2D eigenvalue weighted by molar-refractivity contribution is 0.101. The Morgan fingerprint density at radius 1 is 1.15 bits per heavy atom. The minimum Gasteiger partial charge on any atom is -0.486 e. The van der Waals surface area contributed by atoms with Gasteiger partial charge in [-0.1, -0.05) is 6.07 Å². The summed E-state index contributed by atoms with van der Waals surface area (Å²) in [5.74, 6) is 1.65. The van der Waals surface area contributed by atoms with Crippen molar-refractivity contribution >= 4 is 0 Å². The highest BCUT2D eigenvalue weighted by atomic mass is 16.6. The molecule has 1 saturated heterocycles. The van der Waals surface area contributed by atoms with Gasteiger partial charge in [-0.25, -0.2) is 0 Å². The van der Waals surface area contributed by atoms with Gasteiger partial charge in [-0.15, -0.1) is 0 Å². The van der Waals surface area contributed by atoms with E-state index in [4.69, 9.17) is 19.9 Å². The number of hydrogen-bond donors (Lipinski definition) is 1. The monoisotopic (exact) mass is 277 g/mol. The molecule has 0 bridgehead atoms. The van der Waals surface area contributed by atoms with Crippen LogP contribution in [0.3, 0.4) is 0 Å². The maximum atomic E-state index is 6.28. The highest BCUT2D eigenvalue weighted by Gasteiger charge is 2.17. The number of hydrogen-bond acceptors (Lipinski definition) is 4. The number of benzene rings is 1. The fourth-order valence-corrected chi connectivity index (χ4v) is 2.89. The van der Waals surface area contributed by atoms with Crippen LogP contribution in [0.2, 0.25) is 0 Å². The van der Waals surface area contributed by atoms with Crippen LogP contribution in [0.5, 0.6) is 11.5 Å². The van der Waals surface area contributed by atoms with Gasteiger partial charge in [0.1, 0.15) is 13.2 Å². The molecule has 0 radical (unpaired) electrons. The quantitative estimate of drug-likeness (QED) is 0.899. The number of nitrogens with two attached hydrogens (primary N) is 1. The summed E-state index contributed by atoms with van der Waals surface area (Å²) in [6, 6.07) is 6.09. The number of fused-ring (bicyclic) bond motifs is 1. The molecule has 4 nitrogen and oxygen atoms in total. The van der Waals surface area contributed by atoms with E-state index in [0.29, 0.717) is 19.3 Å². The molecule has 3 rings (SSSR count).